The molecule has 0 radical (unpaired) electrons. The maximum Gasteiger partial charge on any atom is 0.263 e. The number of nitrogens with one attached hydrogen (secondary N) is 1. The lowest BCUT2D eigenvalue weighted by molar-refractivity contribution is -0.136. The molecule has 0 aliphatic rings. The first-order valence-corrected chi connectivity index (χ1v) is 6.66. The van der Waals surface area contributed by atoms with Gasteiger partial charge in [0.1, 0.15) is 5.75 Å². The molecule has 0 heterocycles. The third kappa shape index (κ3) is 5.57. The summed E-state index contributed by atoms with van der Waals surface area (Å²) in [6.45, 7) is 5.08. The zero-order valence-electron chi connectivity index (χ0n) is 12.3. The summed E-state index contributed by atoms with van der Waals surface area (Å²) < 4.78 is 5.65. The van der Waals surface area contributed by atoms with E-state index >= 15 is 0 Å². The summed E-state index contributed by atoms with van der Waals surface area (Å²) in [5.74, 6) is 0.484. The highest BCUT2D eigenvalue weighted by Gasteiger charge is 2.19. The molecule has 0 bridgehead atoms. The molecule has 1 aromatic rings. The molecule has 1 aromatic carbocycles. The molecule has 6 heteroatoms. The van der Waals surface area contributed by atoms with Gasteiger partial charge in [-0.3, -0.25) is 4.79 Å². The number of likely N-dealkylation sites (N-methyl/N-ethyl adjacent to an activating group) is 2. The van der Waals surface area contributed by atoms with Gasteiger partial charge in [0.2, 0.25) is 0 Å². The van der Waals surface area contributed by atoms with E-state index in [4.69, 9.17) is 16.3 Å². The molecule has 0 aliphatic heterocycles. The fraction of sp³-hybridized carbons (Fsp3) is 0.500. The van der Waals surface area contributed by atoms with Crippen LogP contribution in [-0.2, 0) is 4.79 Å². The first-order chi connectivity index (χ1) is 8.95. The van der Waals surface area contributed by atoms with Crippen LogP contribution in [0.1, 0.15) is 12.5 Å². The lowest BCUT2D eigenvalue weighted by atomic mass is 10.2. The minimum Gasteiger partial charge on any atom is -0.479 e. The molecule has 114 valence electrons. The van der Waals surface area contributed by atoms with E-state index in [9.17, 15) is 4.79 Å². The van der Waals surface area contributed by atoms with E-state index in [0.29, 0.717) is 17.3 Å². The van der Waals surface area contributed by atoms with E-state index in [1.807, 2.05) is 26.1 Å². The highest BCUT2D eigenvalue weighted by atomic mass is 35.5. The van der Waals surface area contributed by atoms with Crippen molar-refractivity contribution in [1.82, 2.24) is 10.2 Å². The van der Waals surface area contributed by atoms with Crippen molar-refractivity contribution in [3.8, 4) is 5.75 Å². The predicted octanol–water partition coefficient (Wildman–Crippen LogP) is 2.52. The number of benzene rings is 1. The van der Waals surface area contributed by atoms with E-state index in [-0.39, 0.29) is 18.3 Å². The molecule has 0 aromatic heterocycles. The Morgan fingerprint density at radius 2 is 2.15 bits per heavy atom. The second kappa shape index (κ2) is 9.06. The number of amides is 1. The summed E-state index contributed by atoms with van der Waals surface area (Å²) in [5, 5.41) is 3.52. The van der Waals surface area contributed by atoms with Crippen LogP contribution in [0.15, 0.2) is 18.2 Å². The third-order valence-corrected chi connectivity index (χ3v) is 3.12. The molecule has 1 amide bonds. The van der Waals surface area contributed by atoms with Crippen molar-refractivity contribution in [1.29, 1.82) is 0 Å². The average molecular weight is 321 g/mol. The van der Waals surface area contributed by atoms with Crippen LogP contribution in [-0.4, -0.2) is 44.1 Å². The molecule has 1 rings (SSSR count). The third-order valence-electron chi connectivity index (χ3n) is 2.81. The zero-order chi connectivity index (χ0) is 14.4. The first-order valence-electron chi connectivity index (χ1n) is 6.28. The molecule has 0 fully saturated rings. The van der Waals surface area contributed by atoms with Crippen LogP contribution in [0, 0.1) is 6.92 Å². The smallest absolute Gasteiger partial charge is 0.263 e. The summed E-state index contributed by atoms with van der Waals surface area (Å²) in [4.78, 5) is 13.7. The summed E-state index contributed by atoms with van der Waals surface area (Å²) >= 11 is 6.05. The Balaban J connectivity index is 0.00000361. The molecular weight excluding hydrogens is 299 g/mol. The topological polar surface area (TPSA) is 41.6 Å². The van der Waals surface area contributed by atoms with Crippen LogP contribution in [0.3, 0.4) is 0 Å². The minimum atomic E-state index is -0.554. The van der Waals surface area contributed by atoms with E-state index in [1.165, 1.54) is 0 Å². The lowest BCUT2D eigenvalue weighted by Gasteiger charge is -2.22. The fourth-order valence-corrected chi connectivity index (χ4v) is 1.80. The van der Waals surface area contributed by atoms with E-state index in [2.05, 4.69) is 5.32 Å². The molecule has 0 saturated heterocycles. The van der Waals surface area contributed by atoms with Gasteiger partial charge in [-0.2, -0.15) is 0 Å². The van der Waals surface area contributed by atoms with Crippen molar-refractivity contribution >= 4 is 29.9 Å². The van der Waals surface area contributed by atoms with Gasteiger partial charge in [-0.1, -0.05) is 17.7 Å². The number of hydrogen-bond acceptors (Lipinski definition) is 3. The Kier molecular flexibility index (Phi) is 8.62. The maximum atomic E-state index is 12.1. The van der Waals surface area contributed by atoms with Gasteiger partial charge in [0.15, 0.2) is 6.10 Å². The van der Waals surface area contributed by atoms with E-state index < -0.39 is 6.10 Å². The van der Waals surface area contributed by atoms with Gasteiger partial charge in [0.25, 0.3) is 5.91 Å². The number of halogens is 2. The first kappa shape index (κ1) is 19.0. The number of aryl methyl sites for hydroxylation is 1. The predicted molar refractivity (Wildman–Crippen MR) is 85.1 cm³/mol. The van der Waals surface area contributed by atoms with Crippen molar-refractivity contribution in [2.45, 2.75) is 20.0 Å². The molecule has 0 spiro atoms. The van der Waals surface area contributed by atoms with Crippen LogP contribution >= 0.6 is 24.0 Å². The maximum absolute atomic E-state index is 12.1. The number of rotatable bonds is 6. The summed E-state index contributed by atoms with van der Waals surface area (Å²) in [5.41, 5.74) is 1.04. The number of ether oxygens (including phenoxy) is 1. The largest absolute Gasteiger partial charge is 0.479 e. The van der Waals surface area contributed by atoms with Gasteiger partial charge in [-0.15, -0.1) is 12.4 Å². The number of hydrogen-bond donors (Lipinski definition) is 1. The molecule has 20 heavy (non-hydrogen) atoms. The van der Waals surface area contributed by atoms with Gasteiger partial charge in [0, 0.05) is 20.1 Å². The van der Waals surface area contributed by atoms with Crippen molar-refractivity contribution < 1.29 is 9.53 Å². The Labute approximate surface area is 131 Å². The molecule has 1 N–H and O–H groups in total. The molecule has 0 saturated carbocycles. The standard InChI is InChI=1S/C14H21ClN2O2.ClH/c1-10-5-6-12(15)13(9-10)19-11(2)14(18)17(4)8-7-16-3;/h5-6,9,11,16H,7-8H2,1-4H3;1H. The van der Waals surface area contributed by atoms with Gasteiger partial charge >= 0.3 is 0 Å². The molecule has 1 unspecified atom stereocenters. The van der Waals surface area contributed by atoms with Gasteiger partial charge < -0.3 is 15.0 Å². The number of carbonyl (C=O) groups excluding carboxylic acids is 1. The number of carbonyl (C=O) groups is 1. The van der Waals surface area contributed by atoms with Crippen LogP contribution in [0.2, 0.25) is 5.02 Å². The van der Waals surface area contributed by atoms with Crippen LogP contribution in [0.5, 0.6) is 5.75 Å². The molecule has 0 aliphatic carbocycles. The second-order valence-corrected chi connectivity index (χ2v) is 4.96. The average Bonchev–Trinajstić information content (AvgIpc) is 2.39. The zero-order valence-corrected chi connectivity index (χ0v) is 13.8. The van der Waals surface area contributed by atoms with Crippen molar-refractivity contribution in [2.24, 2.45) is 0 Å². The van der Waals surface area contributed by atoms with Crippen LogP contribution in [0.4, 0.5) is 0 Å². The fourth-order valence-electron chi connectivity index (χ4n) is 1.64. The van der Waals surface area contributed by atoms with E-state index in [0.717, 1.165) is 12.1 Å². The Bertz CT molecular complexity index is 441. The molecule has 1 atom stereocenters. The highest BCUT2D eigenvalue weighted by Crippen LogP contribution is 2.26. The van der Waals surface area contributed by atoms with Crippen LogP contribution < -0.4 is 10.1 Å². The monoisotopic (exact) mass is 320 g/mol. The van der Waals surface area contributed by atoms with E-state index in [1.54, 1.807) is 24.9 Å². The van der Waals surface area contributed by atoms with Gasteiger partial charge in [-0.05, 0) is 38.6 Å². The Morgan fingerprint density at radius 1 is 1.50 bits per heavy atom. The quantitative estimate of drug-likeness (QED) is 0.875. The van der Waals surface area contributed by atoms with Crippen molar-refractivity contribution in [2.75, 3.05) is 27.2 Å². The normalized spacial score (nSPS) is 11.4. The summed E-state index contributed by atoms with van der Waals surface area (Å²) in [7, 11) is 3.61. The Morgan fingerprint density at radius 3 is 2.75 bits per heavy atom. The van der Waals surface area contributed by atoms with Crippen molar-refractivity contribution in [3.05, 3.63) is 28.8 Å². The summed E-state index contributed by atoms with van der Waals surface area (Å²) in [6, 6.07) is 5.51. The van der Waals surface area contributed by atoms with Crippen LogP contribution in [0.25, 0.3) is 0 Å². The lowest BCUT2D eigenvalue weighted by Crippen LogP contribution is -2.40. The minimum absolute atomic E-state index is 0. The highest BCUT2D eigenvalue weighted by molar-refractivity contribution is 6.32. The SMILES string of the molecule is CNCCN(C)C(=O)C(C)Oc1cc(C)ccc1Cl.Cl. The summed E-state index contributed by atoms with van der Waals surface area (Å²) in [6.07, 6.45) is -0.554. The molecular formula is C14H22Cl2N2O2. The van der Waals surface area contributed by atoms with Crippen molar-refractivity contribution in [3.63, 3.8) is 0 Å². The Hall–Kier alpha value is -0.970. The van der Waals surface area contributed by atoms with Gasteiger partial charge in [-0.25, -0.2) is 0 Å². The second-order valence-electron chi connectivity index (χ2n) is 4.56. The number of nitrogens with zero attached hydrogens (tertiary/aromatic N) is 1. The van der Waals surface area contributed by atoms with Gasteiger partial charge in [0.05, 0.1) is 5.02 Å². The molecule has 4 nitrogen and oxygen atoms in total.